The number of carbonyl (C=O) groups is 1. The van der Waals surface area contributed by atoms with E-state index in [0.717, 1.165) is 31.2 Å². The Hall–Kier alpha value is -3.74. The minimum Gasteiger partial charge on any atom is -0.494 e. The number of ether oxygens (including phenoxy) is 3. The second kappa shape index (κ2) is 14.8. The number of allylic oxidation sites excluding steroid dienone is 1. The van der Waals surface area contributed by atoms with Gasteiger partial charge in [-0.3, -0.25) is 0 Å². The fourth-order valence-corrected chi connectivity index (χ4v) is 5.02. The number of hydrogen-bond acceptors (Lipinski definition) is 4. The summed E-state index contributed by atoms with van der Waals surface area (Å²) in [6, 6.07) is 14.4. The molecular weight excluding hydrogens is 529 g/mol. The van der Waals surface area contributed by atoms with E-state index in [-0.39, 0.29) is 17.2 Å². The number of halogens is 3. The van der Waals surface area contributed by atoms with Crippen molar-refractivity contribution in [2.75, 3.05) is 13.2 Å². The van der Waals surface area contributed by atoms with Crippen LogP contribution in [0.25, 0.3) is 11.1 Å². The van der Waals surface area contributed by atoms with Crippen molar-refractivity contribution in [3.63, 3.8) is 0 Å². The Morgan fingerprint density at radius 3 is 2.32 bits per heavy atom. The average Bonchev–Trinajstić information content (AvgIpc) is 2.98. The lowest BCUT2D eigenvalue weighted by Gasteiger charge is -2.28. The first kappa shape index (κ1) is 30.2. The van der Waals surface area contributed by atoms with Gasteiger partial charge in [0, 0.05) is 5.56 Å². The van der Waals surface area contributed by atoms with Crippen LogP contribution in [0.1, 0.15) is 80.1 Å². The van der Waals surface area contributed by atoms with Crippen molar-refractivity contribution >= 4 is 5.97 Å². The van der Waals surface area contributed by atoms with Gasteiger partial charge in [-0.25, -0.2) is 18.0 Å². The third-order valence-corrected chi connectivity index (χ3v) is 7.42. The van der Waals surface area contributed by atoms with Gasteiger partial charge in [-0.15, -0.1) is 6.58 Å². The summed E-state index contributed by atoms with van der Waals surface area (Å²) < 4.78 is 61.2. The molecule has 0 N–H and O–H groups in total. The number of esters is 1. The smallest absolute Gasteiger partial charge is 0.341 e. The maximum absolute atomic E-state index is 15.0. The topological polar surface area (TPSA) is 44.8 Å². The van der Waals surface area contributed by atoms with Gasteiger partial charge in [0.25, 0.3) is 0 Å². The van der Waals surface area contributed by atoms with Crippen LogP contribution < -0.4 is 9.47 Å². The van der Waals surface area contributed by atoms with Crippen molar-refractivity contribution in [1.29, 1.82) is 0 Å². The predicted octanol–water partition coefficient (Wildman–Crippen LogP) is 9.18. The molecule has 4 rings (SSSR count). The SMILES string of the molecule is C=CCCCOc1ccc(C2CCC(OC(=O)c3ccc(-c4ccc(OCCCC)cc4)c(F)c3F)CC2)cc1F. The van der Waals surface area contributed by atoms with Crippen LogP contribution in [0, 0.1) is 17.5 Å². The van der Waals surface area contributed by atoms with E-state index >= 15 is 0 Å². The molecule has 0 heterocycles. The molecule has 0 bridgehead atoms. The average molecular weight is 567 g/mol. The van der Waals surface area contributed by atoms with Crippen LogP contribution in [-0.2, 0) is 4.74 Å². The van der Waals surface area contributed by atoms with Gasteiger partial charge in [-0.1, -0.05) is 43.7 Å². The van der Waals surface area contributed by atoms with E-state index in [1.807, 2.05) is 6.07 Å². The Balaban J connectivity index is 1.32. The lowest BCUT2D eigenvalue weighted by molar-refractivity contribution is 0.0189. The second-order valence-corrected chi connectivity index (χ2v) is 10.4. The number of unbranched alkanes of at least 4 members (excludes halogenated alkanes) is 2. The normalized spacial score (nSPS) is 16.7. The minimum absolute atomic E-state index is 0.0556. The van der Waals surface area contributed by atoms with Gasteiger partial charge in [0.2, 0.25) is 0 Å². The molecule has 0 aromatic heterocycles. The molecule has 7 heteroatoms. The van der Waals surface area contributed by atoms with Gasteiger partial charge in [-0.05, 0) is 92.3 Å². The predicted molar refractivity (Wildman–Crippen MR) is 154 cm³/mol. The lowest BCUT2D eigenvalue weighted by atomic mass is 9.82. The number of benzene rings is 3. The zero-order chi connectivity index (χ0) is 29.2. The first-order valence-corrected chi connectivity index (χ1v) is 14.4. The zero-order valence-electron chi connectivity index (χ0n) is 23.5. The van der Waals surface area contributed by atoms with Crippen molar-refractivity contribution in [2.45, 2.75) is 70.3 Å². The third kappa shape index (κ3) is 7.93. The highest BCUT2D eigenvalue weighted by Crippen LogP contribution is 2.36. The quantitative estimate of drug-likeness (QED) is 0.118. The first-order chi connectivity index (χ1) is 19.9. The van der Waals surface area contributed by atoms with E-state index in [1.165, 1.54) is 18.2 Å². The molecule has 0 spiro atoms. The molecule has 1 aliphatic carbocycles. The van der Waals surface area contributed by atoms with Crippen molar-refractivity contribution < 1.29 is 32.2 Å². The molecule has 0 radical (unpaired) electrons. The number of rotatable bonds is 13. The summed E-state index contributed by atoms with van der Waals surface area (Å²) in [5, 5.41) is 0. The molecule has 0 atom stereocenters. The minimum atomic E-state index is -1.23. The summed E-state index contributed by atoms with van der Waals surface area (Å²) in [6.45, 7) is 6.75. The van der Waals surface area contributed by atoms with Crippen LogP contribution in [0.4, 0.5) is 13.2 Å². The molecule has 3 aromatic rings. The zero-order valence-corrected chi connectivity index (χ0v) is 23.5. The monoisotopic (exact) mass is 566 g/mol. The summed E-state index contributed by atoms with van der Waals surface area (Å²) in [5.41, 5.74) is 0.972. The van der Waals surface area contributed by atoms with Crippen molar-refractivity contribution in [1.82, 2.24) is 0 Å². The van der Waals surface area contributed by atoms with Crippen LogP contribution in [0.2, 0.25) is 0 Å². The Bertz CT molecular complexity index is 1310. The van der Waals surface area contributed by atoms with E-state index in [4.69, 9.17) is 14.2 Å². The maximum Gasteiger partial charge on any atom is 0.341 e. The summed E-state index contributed by atoms with van der Waals surface area (Å²) in [6.07, 6.45) is 7.38. The molecule has 0 saturated heterocycles. The van der Waals surface area contributed by atoms with Crippen molar-refractivity contribution in [3.05, 3.63) is 95.8 Å². The number of carbonyl (C=O) groups excluding carboxylic acids is 1. The number of hydrogen-bond donors (Lipinski definition) is 0. The summed E-state index contributed by atoms with van der Waals surface area (Å²) in [7, 11) is 0. The summed E-state index contributed by atoms with van der Waals surface area (Å²) in [4.78, 5) is 12.8. The third-order valence-electron chi connectivity index (χ3n) is 7.42. The van der Waals surface area contributed by atoms with E-state index in [9.17, 15) is 18.0 Å². The van der Waals surface area contributed by atoms with Gasteiger partial charge in [0.1, 0.15) is 11.9 Å². The van der Waals surface area contributed by atoms with E-state index < -0.39 is 35.1 Å². The molecule has 218 valence electrons. The highest BCUT2D eigenvalue weighted by atomic mass is 19.2. The van der Waals surface area contributed by atoms with Gasteiger partial charge >= 0.3 is 5.97 Å². The molecule has 0 aliphatic heterocycles. The van der Waals surface area contributed by atoms with Crippen molar-refractivity contribution in [2.24, 2.45) is 0 Å². The largest absolute Gasteiger partial charge is 0.494 e. The van der Waals surface area contributed by atoms with Crippen LogP contribution in [0.5, 0.6) is 11.5 Å². The molecule has 0 unspecified atom stereocenters. The molecule has 4 nitrogen and oxygen atoms in total. The Labute approximate surface area is 240 Å². The molecule has 41 heavy (non-hydrogen) atoms. The molecule has 1 saturated carbocycles. The molecule has 1 fully saturated rings. The van der Waals surface area contributed by atoms with Gasteiger partial charge in [0.05, 0.1) is 18.8 Å². The second-order valence-electron chi connectivity index (χ2n) is 10.4. The van der Waals surface area contributed by atoms with E-state index in [1.54, 1.807) is 36.4 Å². The first-order valence-electron chi connectivity index (χ1n) is 14.4. The fraction of sp³-hybridized carbons (Fsp3) is 0.382. The van der Waals surface area contributed by atoms with Crippen LogP contribution in [-0.4, -0.2) is 25.3 Å². The van der Waals surface area contributed by atoms with E-state index in [2.05, 4.69) is 13.5 Å². The van der Waals surface area contributed by atoms with E-state index in [0.29, 0.717) is 50.2 Å². The van der Waals surface area contributed by atoms with Crippen molar-refractivity contribution in [3.8, 4) is 22.6 Å². The highest BCUT2D eigenvalue weighted by molar-refractivity contribution is 5.90. The van der Waals surface area contributed by atoms with Crippen LogP contribution in [0.15, 0.2) is 67.3 Å². The Morgan fingerprint density at radius 1 is 0.902 bits per heavy atom. The molecule has 0 amide bonds. The maximum atomic E-state index is 15.0. The van der Waals surface area contributed by atoms with Gasteiger partial charge in [-0.2, -0.15) is 0 Å². The van der Waals surface area contributed by atoms with Gasteiger partial charge in [0.15, 0.2) is 23.2 Å². The summed E-state index contributed by atoms with van der Waals surface area (Å²) >= 11 is 0. The van der Waals surface area contributed by atoms with Gasteiger partial charge < -0.3 is 14.2 Å². The molecule has 1 aliphatic rings. The lowest BCUT2D eigenvalue weighted by Crippen LogP contribution is -2.24. The molecule has 3 aromatic carbocycles. The standard InChI is InChI=1S/C34H37F3O4/c1-3-5-7-21-40-31-19-12-25(22-30(31)35)23-8-15-27(16-9-23)41-34(38)29-18-17-28(32(36)33(29)37)24-10-13-26(14-11-24)39-20-6-4-2/h3,10-14,17-19,22-23,27H,1,4-9,15-16,20-21H2,2H3. The van der Waals surface area contributed by atoms with Crippen LogP contribution >= 0.6 is 0 Å². The highest BCUT2D eigenvalue weighted by Gasteiger charge is 2.28. The molecular formula is C34H37F3O4. The Morgan fingerprint density at radius 2 is 1.63 bits per heavy atom. The Kier molecular flexibility index (Phi) is 10.9. The van der Waals surface area contributed by atoms with Crippen LogP contribution in [0.3, 0.4) is 0 Å². The fourth-order valence-electron chi connectivity index (χ4n) is 5.02. The summed E-state index contributed by atoms with van der Waals surface area (Å²) in [5.74, 6) is -2.61.